The number of ether oxygens (including phenoxy) is 3. The van der Waals surface area contributed by atoms with E-state index in [1.165, 1.54) is 6.07 Å². The zero-order valence-electron chi connectivity index (χ0n) is 30.6. The van der Waals surface area contributed by atoms with Gasteiger partial charge in [0.05, 0.1) is 49.4 Å². The van der Waals surface area contributed by atoms with Gasteiger partial charge in [-0.3, -0.25) is 0 Å². The minimum absolute atomic E-state index is 0.0326. The first-order valence-electron chi connectivity index (χ1n) is 17.9. The molecule has 0 saturated heterocycles. The lowest BCUT2D eigenvalue weighted by molar-refractivity contribution is -0.432. The first kappa shape index (κ1) is 41.7. The maximum Gasteiger partial charge on any atom is 0.240 e. The lowest BCUT2D eigenvalue weighted by atomic mass is 9.93. The number of hydrogen-bond acceptors (Lipinski definition) is 12. The fourth-order valence-electron chi connectivity index (χ4n) is 5.92. The molecule has 0 amide bonds. The van der Waals surface area contributed by atoms with Crippen LogP contribution in [0.25, 0.3) is 33.4 Å². The molecule has 2 aliphatic rings. The van der Waals surface area contributed by atoms with Gasteiger partial charge in [-0.15, -0.1) is 4.33 Å². The minimum Gasteiger partial charge on any atom is -0.456 e. The summed E-state index contributed by atoms with van der Waals surface area (Å²) in [7, 11) is -3.90. The number of nitrogens with zero attached hydrogens (tertiary/aromatic N) is 2. The summed E-state index contributed by atoms with van der Waals surface area (Å²) < 4.78 is 59.6. The molecule has 15 heteroatoms. The molecule has 52 heavy (non-hydrogen) atoms. The zero-order chi connectivity index (χ0) is 37.3. The molecule has 1 aliphatic carbocycles. The first-order valence-corrected chi connectivity index (χ1v) is 20.1. The second kappa shape index (κ2) is 21.6. The Morgan fingerprint density at radius 1 is 0.846 bits per heavy atom. The molecule has 286 valence electrons. The van der Waals surface area contributed by atoms with Crippen LogP contribution < -0.4 is 25.3 Å². The van der Waals surface area contributed by atoms with Gasteiger partial charge in [-0.25, -0.2) is 23.0 Å². The lowest BCUT2D eigenvalue weighted by Crippen LogP contribution is -2.29. The summed E-state index contributed by atoms with van der Waals surface area (Å²) in [4.78, 5) is 2.69. The van der Waals surface area contributed by atoms with Crippen LogP contribution in [0.15, 0.2) is 68.8 Å². The van der Waals surface area contributed by atoms with E-state index in [1.54, 1.807) is 12.1 Å². The minimum atomic E-state index is -3.90. The Labute approximate surface area is 311 Å². The number of fused-ring (bicyclic) bond motifs is 2. The summed E-state index contributed by atoms with van der Waals surface area (Å²) >= 11 is 0.711. The summed E-state index contributed by atoms with van der Waals surface area (Å²) in [5.74, 6) is 0.679. The standard InChI is InChI=1S/C37H52N4O9S2/c1-5-40(6-2)28-11-14-31-34(25-28)48-35-26-29(41(7-3)8-4)12-15-32(35)37(31)33-16-13-30(27-36(33)51-50-49-42)52(43,44)39-18-10-20-46-22-24-47-23-21-45-19-9-17-38/h11-16,25-27,39H,5-10,17-24,38H2,1-4H3/p+1. The van der Waals surface area contributed by atoms with Gasteiger partial charge in [-0.05, 0) is 83.0 Å². The molecule has 4 rings (SSSR count). The predicted molar refractivity (Wildman–Crippen MR) is 205 cm³/mol. The van der Waals surface area contributed by atoms with E-state index in [0.717, 1.165) is 60.2 Å². The topological polar surface area (TPSA) is 158 Å². The van der Waals surface area contributed by atoms with E-state index in [2.05, 4.69) is 59.1 Å². The van der Waals surface area contributed by atoms with E-state index < -0.39 is 10.0 Å². The molecular formula is C37H53N4O9S2+. The molecule has 0 spiro atoms. The van der Waals surface area contributed by atoms with Crippen LogP contribution in [-0.2, 0) is 33.6 Å². The van der Waals surface area contributed by atoms with E-state index >= 15 is 0 Å². The molecule has 0 aromatic heterocycles. The van der Waals surface area contributed by atoms with Crippen molar-refractivity contribution in [1.82, 2.24) is 9.30 Å². The predicted octanol–water partition coefficient (Wildman–Crippen LogP) is 5.36. The smallest absolute Gasteiger partial charge is 0.240 e. The molecule has 0 saturated carbocycles. The van der Waals surface area contributed by atoms with Crippen LogP contribution in [0.3, 0.4) is 0 Å². The summed E-state index contributed by atoms with van der Waals surface area (Å²) in [6.45, 7) is 15.4. The number of hydrogen-bond donors (Lipinski definition) is 3. The molecule has 4 N–H and O–H groups in total. The second-order valence-electron chi connectivity index (χ2n) is 11.8. The maximum absolute atomic E-state index is 13.4. The van der Waals surface area contributed by atoms with Gasteiger partial charge in [-0.2, -0.15) is 0 Å². The van der Waals surface area contributed by atoms with Crippen molar-refractivity contribution in [2.75, 3.05) is 83.8 Å². The van der Waals surface area contributed by atoms with E-state index in [9.17, 15) is 8.42 Å². The normalized spacial score (nSPS) is 11.9. The molecule has 2 aromatic rings. The number of sulfonamides is 1. The molecule has 1 heterocycles. The van der Waals surface area contributed by atoms with Crippen LogP contribution in [0.5, 0.6) is 0 Å². The van der Waals surface area contributed by atoms with Crippen LogP contribution in [0.2, 0.25) is 0 Å². The highest BCUT2D eigenvalue weighted by Gasteiger charge is 2.24. The number of rotatable bonds is 24. The Balaban J connectivity index is 1.59. The molecule has 0 fully saturated rings. The average molecular weight is 762 g/mol. The third-order valence-electron chi connectivity index (χ3n) is 8.63. The third kappa shape index (κ3) is 11.2. The Kier molecular flexibility index (Phi) is 17.3. The second-order valence-corrected chi connectivity index (χ2v) is 14.3. The molecule has 0 atom stereocenters. The van der Waals surface area contributed by atoms with E-state index in [0.29, 0.717) is 86.5 Å². The Hall–Kier alpha value is -3.09. The van der Waals surface area contributed by atoms with Crippen molar-refractivity contribution in [3.05, 3.63) is 60.0 Å². The summed E-state index contributed by atoms with van der Waals surface area (Å²) in [5.41, 5.74) is 9.49. The van der Waals surface area contributed by atoms with Crippen molar-refractivity contribution in [2.45, 2.75) is 50.3 Å². The molecule has 0 unspecified atom stereocenters. The van der Waals surface area contributed by atoms with Gasteiger partial charge >= 0.3 is 0 Å². The average Bonchev–Trinajstić information content (AvgIpc) is 3.15. The van der Waals surface area contributed by atoms with Gasteiger partial charge in [0.1, 0.15) is 24.4 Å². The van der Waals surface area contributed by atoms with Crippen molar-refractivity contribution in [3.63, 3.8) is 0 Å². The van der Waals surface area contributed by atoms with E-state index in [1.807, 2.05) is 24.3 Å². The van der Waals surface area contributed by atoms with Crippen molar-refractivity contribution >= 4 is 38.7 Å². The van der Waals surface area contributed by atoms with Gasteiger partial charge in [0.25, 0.3) is 0 Å². The van der Waals surface area contributed by atoms with Crippen LogP contribution in [0, 0.1) is 0 Å². The van der Waals surface area contributed by atoms with Crippen molar-refractivity contribution < 1.29 is 41.7 Å². The fraction of sp³-hybridized carbons (Fsp3) is 0.486. The largest absolute Gasteiger partial charge is 0.456 e. The summed E-state index contributed by atoms with van der Waals surface area (Å²) in [6.07, 6.45) is 1.29. The Morgan fingerprint density at radius 3 is 2.17 bits per heavy atom. The molecule has 0 radical (unpaired) electrons. The zero-order valence-corrected chi connectivity index (χ0v) is 32.2. The van der Waals surface area contributed by atoms with Crippen LogP contribution in [-0.4, -0.2) is 92.6 Å². The van der Waals surface area contributed by atoms with Gasteiger partial charge in [0.15, 0.2) is 0 Å². The Bertz CT molecular complexity index is 1840. The quantitative estimate of drug-likeness (QED) is 0.0210. The summed E-state index contributed by atoms with van der Waals surface area (Å²) in [5, 5.41) is 14.9. The highest BCUT2D eigenvalue weighted by molar-refractivity contribution is 7.94. The SMILES string of the molecule is CCN(CC)c1ccc2c(-c3ccc(S(=O)(=O)NCCCOCCOCCOCCCN)cc3SOOO)c3ccc(=[N+](CC)CC)cc-3oc2c1. The van der Waals surface area contributed by atoms with E-state index in [4.69, 9.17) is 34.0 Å². The first-order chi connectivity index (χ1) is 25.3. The monoisotopic (exact) mass is 761 g/mol. The highest BCUT2D eigenvalue weighted by atomic mass is 32.2. The molecule has 2 aromatic carbocycles. The number of benzene rings is 3. The van der Waals surface area contributed by atoms with E-state index in [-0.39, 0.29) is 11.4 Å². The Morgan fingerprint density at radius 2 is 1.52 bits per heavy atom. The lowest BCUT2D eigenvalue weighted by Gasteiger charge is -2.22. The van der Waals surface area contributed by atoms with Crippen molar-refractivity contribution in [3.8, 4) is 22.5 Å². The maximum atomic E-state index is 13.4. The fourth-order valence-corrected chi connectivity index (χ4v) is 7.63. The van der Waals surface area contributed by atoms with Gasteiger partial charge in [0.2, 0.25) is 15.4 Å². The number of nitrogens with two attached hydrogens (primary N) is 1. The summed E-state index contributed by atoms with van der Waals surface area (Å²) in [6, 6.07) is 17.1. The van der Waals surface area contributed by atoms with Crippen LogP contribution in [0.4, 0.5) is 5.69 Å². The molecule has 0 bridgehead atoms. The van der Waals surface area contributed by atoms with Gasteiger partial charge in [-0.1, -0.05) is 11.1 Å². The van der Waals surface area contributed by atoms with Gasteiger partial charge < -0.3 is 29.3 Å². The third-order valence-corrected chi connectivity index (χ3v) is 10.7. The van der Waals surface area contributed by atoms with Crippen LogP contribution in [0.1, 0.15) is 40.5 Å². The number of nitrogens with one attached hydrogen (secondary N) is 1. The molecular weight excluding hydrogens is 709 g/mol. The van der Waals surface area contributed by atoms with Crippen LogP contribution >= 0.6 is 12.0 Å². The van der Waals surface area contributed by atoms with Crippen molar-refractivity contribution in [2.24, 2.45) is 5.73 Å². The van der Waals surface area contributed by atoms with Gasteiger partial charge in [0, 0.05) is 72.1 Å². The highest BCUT2D eigenvalue weighted by Crippen LogP contribution is 2.44. The molecule has 1 aliphatic heterocycles. The van der Waals surface area contributed by atoms with Crippen molar-refractivity contribution in [1.29, 1.82) is 0 Å². The molecule has 13 nitrogen and oxygen atoms in total. The number of anilines is 1.